The molecule has 0 saturated carbocycles. The molecular weight excluding hydrogens is 461 g/mol. The number of hydrogen-bond acceptors (Lipinski definition) is 6. The van der Waals surface area contributed by atoms with Crippen LogP contribution in [0.25, 0.3) is 11.3 Å². The van der Waals surface area contributed by atoms with Gasteiger partial charge in [0.1, 0.15) is 18.2 Å². The molecule has 3 aromatic rings. The topological polar surface area (TPSA) is 80.7 Å². The summed E-state index contributed by atoms with van der Waals surface area (Å²) in [6, 6.07) is 11.6. The first-order valence-corrected chi connectivity index (χ1v) is 11.4. The van der Waals surface area contributed by atoms with Crippen molar-refractivity contribution in [2.75, 3.05) is 56.6 Å². The number of amides is 1. The number of anilines is 2. The first kappa shape index (κ1) is 24.0. The molecule has 4 rings (SSSR count). The highest BCUT2D eigenvalue weighted by Crippen LogP contribution is 2.36. The van der Waals surface area contributed by atoms with Crippen molar-refractivity contribution in [1.82, 2.24) is 14.7 Å². The third-order valence-corrected chi connectivity index (χ3v) is 5.77. The van der Waals surface area contributed by atoms with Crippen molar-refractivity contribution in [2.45, 2.75) is 0 Å². The largest absolute Gasteiger partial charge is 0.492 e. The van der Waals surface area contributed by atoms with E-state index in [4.69, 9.17) is 21.1 Å². The minimum atomic E-state index is -0.415. The first-order chi connectivity index (χ1) is 16.5. The van der Waals surface area contributed by atoms with Crippen LogP contribution in [-0.4, -0.2) is 66.6 Å². The molecule has 2 heterocycles. The van der Waals surface area contributed by atoms with E-state index in [0.717, 1.165) is 32.8 Å². The number of aromatic nitrogens is 2. The van der Waals surface area contributed by atoms with Gasteiger partial charge in [-0.05, 0) is 30.3 Å². The zero-order chi connectivity index (χ0) is 23.9. The standard InChI is InChI=1S/C24H27ClFN5O3/c1-30-24(19(25)15-28-30)18-14-17(29-23(32)16-27-21-5-3-2-4-20(21)26)6-7-22(18)34-13-10-31-8-11-33-12-9-31/h2-7,14-15,27H,8-13,16H2,1H3,(H,29,32). The number of hydrogen-bond donors (Lipinski definition) is 2. The Kier molecular flexibility index (Phi) is 7.99. The highest BCUT2D eigenvalue weighted by Gasteiger charge is 2.17. The highest BCUT2D eigenvalue weighted by atomic mass is 35.5. The maximum Gasteiger partial charge on any atom is 0.243 e. The molecular formula is C24H27ClFN5O3. The summed E-state index contributed by atoms with van der Waals surface area (Å²) in [5.74, 6) is -0.0884. The fourth-order valence-corrected chi connectivity index (χ4v) is 3.99. The summed E-state index contributed by atoms with van der Waals surface area (Å²) in [5, 5.41) is 10.3. The van der Waals surface area contributed by atoms with Crippen molar-refractivity contribution in [3.63, 3.8) is 0 Å². The Morgan fingerprint density at radius 2 is 2.03 bits per heavy atom. The van der Waals surface area contributed by atoms with Crippen LogP contribution in [0.15, 0.2) is 48.7 Å². The van der Waals surface area contributed by atoms with Crippen molar-refractivity contribution < 1.29 is 18.7 Å². The Labute approximate surface area is 202 Å². The molecule has 2 N–H and O–H groups in total. The van der Waals surface area contributed by atoms with Gasteiger partial charge in [0.15, 0.2) is 0 Å². The summed E-state index contributed by atoms with van der Waals surface area (Å²) < 4.78 is 26.9. The number of carbonyl (C=O) groups is 1. The predicted octanol–water partition coefficient (Wildman–Crippen LogP) is 3.64. The van der Waals surface area contributed by atoms with Gasteiger partial charge in [-0.25, -0.2) is 4.39 Å². The smallest absolute Gasteiger partial charge is 0.243 e. The van der Waals surface area contributed by atoms with Crippen LogP contribution in [-0.2, 0) is 16.6 Å². The molecule has 180 valence electrons. The van der Waals surface area contributed by atoms with Crippen molar-refractivity contribution in [1.29, 1.82) is 0 Å². The van der Waals surface area contributed by atoms with Gasteiger partial charge in [0.05, 0.1) is 42.4 Å². The van der Waals surface area contributed by atoms with Crippen LogP contribution >= 0.6 is 11.6 Å². The average Bonchev–Trinajstić information content (AvgIpc) is 3.17. The quantitative estimate of drug-likeness (QED) is 0.479. The number of benzene rings is 2. The van der Waals surface area contributed by atoms with E-state index in [2.05, 4.69) is 20.6 Å². The molecule has 1 fully saturated rings. The zero-order valence-electron chi connectivity index (χ0n) is 18.9. The molecule has 0 radical (unpaired) electrons. The van der Waals surface area contributed by atoms with E-state index in [0.29, 0.717) is 34.3 Å². The van der Waals surface area contributed by atoms with Crippen molar-refractivity contribution >= 4 is 28.9 Å². The molecule has 34 heavy (non-hydrogen) atoms. The van der Waals surface area contributed by atoms with Crippen LogP contribution in [0.4, 0.5) is 15.8 Å². The second kappa shape index (κ2) is 11.3. The number of nitrogens with zero attached hydrogens (tertiary/aromatic N) is 3. The monoisotopic (exact) mass is 487 g/mol. The van der Waals surface area contributed by atoms with Gasteiger partial charge in [0.25, 0.3) is 0 Å². The third kappa shape index (κ3) is 6.05. The molecule has 8 nitrogen and oxygen atoms in total. The lowest BCUT2D eigenvalue weighted by Gasteiger charge is -2.26. The zero-order valence-corrected chi connectivity index (χ0v) is 19.6. The van der Waals surface area contributed by atoms with Crippen molar-refractivity contribution in [3.8, 4) is 17.0 Å². The Bertz CT molecular complexity index is 1110. The molecule has 0 unspecified atom stereocenters. The maximum absolute atomic E-state index is 13.8. The van der Waals surface area contributed by atoms with E-state index in [1.807, 2.05) is 0 Å². The Hall–Kier alpha value is -3.14. The summed E-state index contributed by atoms with van der Waals surface area (Å²) in [7, 11) is 1.79. The average molecular weight is 488 g/mol. The minimum Gasteiger partial charge on any atom is -0.492 e. The summed E-state index contributed by atoms with van der Waals surface area (Å²) >= 11 is 6.40. The number of rotatable bonds is 9. The Morgan fingerprint density at radius 3 is 2.76 bits per heavy atom. The van der Waals surface area contributed by atoms with E-state index in [-0.39, 0.29) is 18.1 Å². The second-order valence-electron chi connectivity index (χ2n) is 7.86. The number of morpholine rings is 1. The predicted molar refractivity (Wildman–Crippen MR) is 130 cm³/mol. The van der Waals surface area contributed by atoms with Gasteiger partial charge in [0.2, 0.25) is 5.91 Å². The number of aryl methyl sites for hydroxylation is 1. The fraction of sp³-hybridized carbons (Fsp3) is 0.333. The highest BCUT2D eigenvalue weighted by molar-refractivity contribution is 6.33. The van der Waals surface area contributed by atoms with Crippen LogP contribution < -0.4 is 15.4 Å². The number of halogens is 2. The van der Waals surface area contributed by atoms with Crippen molar-refractivity contribution in [2.24, 2.45) is 7.05 Å². The summed E-state index contributed by atoms with van der Waals surface area (Å²) in [4.78, 5) is 14.8. The molecule has 1 aliphatic rings. The van der Waals surface area contributed by atoms with Gasteiger partial charge >= 0.3 is 0 Å². The van der Waals surface area contributed by atoms with Gasteiger partial charge in [-0.15, -0.1) is 0 Å². The van der Waals surface area contributed by atoms with E-state index < -0.39 is 5.82 Å². The van der Waals surface area contributed by atoms with Crippen LogP contribution in [0.2, 0.25) is 5.02 Å². The lowest BCUT2D eigenvalue weighted by molar-refractivity contribution is -0.114. The minimum absolute atomic E-state index is 0.0828. The summed E-state index contributed by atoms with van der Waals surface area (Å²) in [6.45, 7) is 4.43. The van der Waals surface area contributed by atoms with E-state index in [1.54, 1.807) is 54.3 Å². The second-order valence-corrected chi connectivity index (χ2v) is 8.27. The molecule has 2 aromatic carbocycles. The maximum atomic E-state index is 13.8. The number of carbonyl (C=O) groups excluding carboxylic acids is 1. The van der Waals surface area contributed by atoms with Gasteiger partial charge < -0.3 is 20.1 Å². The van der Waals surface area contributed by atoms with Crippen LogP contribution in [0.1, 0.15) is 0 Å². The molecule has 0 spiro atoms. The first-order valence-electron chi connectivity index (χ1n) is 11.0. The lowest BCUT2D eigenvalue weighted by Crippen LogP contribution is -2.38. The SMILES string of the molecule is Cn1ncc(Cl)c1-c1cc(NC(=O)CNc2ccccc2F)ccc1OCCN1CCOCC1. The van der Waals surface area contributed by atoms with E-state index in [1.165, 1.54) is 6.07 Å². The van der Waals surface area contributed by atoms with Gasteiger partial charge in [-0.2, -0.15) is 5.10 Å². The molecule has 1 aromatic heterocycles. The summed E-state index contributed by atoms with van der Waals surface area (Å²) in [6.07, 6.45) is 1.57. The number of nitrogens with one attached hydrogen (secondary N) is 2. The van der Waals surface area contributed by atoms with Crippen LogP contribution in [0.5, 0.6) is 5.75 Å². The fourth-order valence-electron chi connectivity index (χ4n) is 3.73. The normalized spacial score (nSPS) is 14.1. The van der Waals surface area contributed by atoms with Gasteiger partial charge in [0, 0.05) is 37.9 Å². The van der Waals surface area contributed by atoms with Gasteiger partial charge in [-0.1, -0.05) is 23.7 Å². The molecule has 10 heteroatoms. The molecule has 0 atom stereocenters. The lowest BCUT2D eigenvalue weighted by atomic mass is 10.1. The van der Waals surface area contributed by atoms with Gasteiger partial charge in [-0.3, -0.25) is 14.4 Å². The molecule has 0 bridgehead atoms. The molecule has 1 aliphatic heterocycles. The molecule has 1 saturated heterocycles. The van der Waals surface area contributed by atoms with E-state index >= 15 is 0 Å². The molecule has 1 amide bonds. The number of ether oxygens (including phenoxy) is 2. The van der Waals surface area contributed by atoms with E-state index in [9.17, 15) is 9.18 Å². The molecule has 0 aliphatic carbocycles. The van der Waals surface area contributed by atoms with Crippen LogP contribution in [0, 0.1) is 5.82 Å². The van der Waals surface area contributed by atoms with Crippen LogP contribution in [0.3, 0.4) is 0 Å². The Morgan fingerprint density at radius 1 is 1.24 bits per heavy atom. The van der Waals surface area contributed by atoms with Crippen molar-refractivity contribution in [3.05, 3.63) is 59.5 Å². The Balaban J connectivity index is 1.46. The number of para-hydroxylation sites is 1. The summed E-state index contributed by atoms with van der Waals surface area (Å²) in [5.41, 5.74) is 2.23. The third-order valence-electron chi connectivity index (χ3n) is 5.49.